The molecule has 0 bridgehead atoms. The van der Waals surface area contributed by atoms with Gasteiger partial charge in [-0.1, -0.05) is 18.2 Å². The Kier molecular flexibility index (Phi) is 4.21. The van der Waals surface area contributed by atoms with E-state index in [1.165, 1.54) is 6.20 Å². The number of nitrogens with one attached hydrogen (secondary N) is 3. The normalized spacial score (nSPS) is 11.0. The minimum absolute atomic E-state index is 0.126. The zero-order chi connectivity index (χ0) is 18.8. The largest absolute Gasteiger partial charge is 0.310 e. The first-order chi connectivity index (χ1) is 13.1. The van der Waals surface area contributed by atoms with Gasteiger partial charge >= 0.3 is 0 Å². The third-order valence-electron chi connectivity index (χ3n) is 3.93. The number of hydrogen-bond acceptors (Lipinski definition) is 6. The molecule has 3 heterocycles. The smallest absolute Gasteiger partial charge is 0.262 e. The van der Waals surface area contributed by atoms with Crippen molar-refractivity contribution in [2.24, 2.45) is 0 Å². The molecule has 0 radical (unpaired) electrons. The molecule has 0 spiro atoms. The number of H-pyrrole nitrogens is 2. The van der Waals surface area contributed by atoms with Gasteiger partial charge in [-0.05, 0) is 19.1 Å². The first-order valence-corrected chi connectivity index (χ1v) is 8.31. The minimum Gasteiger partial charge on any atom is -0.310 e. The van der Waals surface area contributed by atoms with Crippen LogP contribution in [0.15, 0.2) is 41.3 Å². The van der Waals surface area contributed by atoms with Gasteiger partial charge in [0, 0.05) is 12.8 Å². The summed E-state index contributed by atoms with van der Waals surface area (Å²) < 4.78 is 1.60. The van der Waals surface area contributed by atoms with Crippen LogP contribution in [-0.2, 0) is 11.2 Å². The molecule has 4 rings (SSSR count). The molecule has 136 valence electrons. The molecule has 10 nitrogen and oxygen atoms in total. The number of aryl methyl sites for hydroxylation is 2. The summed E-state index contributed by atoms with van der Waals surface area (Å²) in [5.74, 6) is 0.965. The lowest BCUT2D eigenvalue weighted by atomic mass is 10.2. The number of para-hydroxylation sites is 1. The third kappa shape index (κ3) is 3.45. The highest BCUT2D eigenvalue weighted by atomic mass is 16.1. The first kappa shape index (κ1) is 16.6. The van der Waals surface area contributed by atoms with Crippen LogP contribution in [-0.4, -0.2) is 40.8 Å². The van der Waals surface area contributed by atoms with Gasteiger partial charge < -0.3 is 4.98 Å². The number of benzene rings is 1. The Balaban J connectivity index is 1.55. The molecule has 1 amide bonds. The molecular formula is C17H16N8O2. The van der Waals surface area contributed by atoms with Crippen molar-refractivity contribution in [2.45, 2.75) is 19.8 Å². The number of amides is 1. The van der Waals surface area contributed by atoms with Crippen molar-refractivity contribution in [2.75, 3.05) is 5.32 Å². The highest BCUT2D eigenvalue weighted by Gasteiger charge is 2.13. The van der Waals surface area contributed by atoms with Gasteiger partial charge in [0.1, 0.15) is 17.0 Å². The van der Waals surface area contributed by atoms with Gasteiger partial charge in [0.25, 0.3) is 5.56 Å². The van der Waals surface area contributed by atoms with Gasteiger partial charge in [-0.25, -0.2) is 9.67 Å². The second-order valence-electron chi connectivity index (χ2n) is 5.93. The SMILES string of the molecule is Cc1nc(NC(=O)CCc2nc3c(cnn3-c3ccccc3)c(=O)[nH]2)n[nH]1. The van der Waals surface area contributed by atoms with Crippen molar-refractivity contribution >= 4 is 22.9 Å². The number of aromatic nitrogens is 7. The van der Waals surface area contributed by atoms with Crippen molar-refractivity contribution in [1.82, 2.24) is 34.9 Å². The van der Waals surface area contributed by atoms with Gasteiger partial charge in [0.15, 0.2) is 5.65 Å². The predicted molar refractivity (Wildman–Crippen MR) is 97.6 cm³/mol. The molecule has 27 heavy (non-hydrogen) atoms. The van der Waals surface area contributed by atoms with E-state index in [0.29, 0.717) is 22.7 Å². The van der Waals surface area contributed by atoms with Crippen LogP contribution in [0, 0.1) is 6.92 Å². The molecule has 0 saturated heterocycles. The van der Waals surface area contributed by atoms with Gasteiger partial charge in [-0.3, -0.25) is 20.0 Å². The number of fused-ring (bicyclic) bond motifs is 1. The van der Waals surface area contributed by atoms with E-state index in [2.05, 4.69) is 35.6 Å². The molecule has 4 aromatic rings. The van der Waals surface area contributed by atoms with Crippen LogP contribution >= 0.6 is 0 Å². The minimum atomic E-state index is -0.290. The number of rotatable bonds is 5. The Hall–Kier alpha value is -3.82. The fourth-order valence-corrected chi connectivity index (χ4v) is 2.66. The molecule has 0 fully saturated rings. The van der Waals surface area contributed by atoms with E-state index < -0.39 is 0 Å². The molecule has 10 heteroatoms. The predicted octanol–water partition coefficient (Wildman–Crippen LogP) is 1.11. The summed E-state index contributed by atoms with van der Waals surface area (Å²) in [7, 11) is 0. The van der Waals surface area contributed by atoms with E-state index in [1.807, 2.05) is 30.3 Å². The first-order valence-electron chi connectivity index (χ1n) is 8.31. The number of carbonyl (C=O) groups excluding carboxylic acids is 1. The topological polar surface area (TPSA) is 134 Å². The lowest BCUT2D eigenvalue weighted by Gasteiger charge is -2.04. The fourth-order valence-electron chi connectivity index (χ4n) is 2.66. The second kappa shape index (κ2) is 6.83. The highest BCUT2D eigenvalue weighted by molar-refractivity contribution is 5.89. The average Bonchev–Trinajstić information content (AvgIpc) is 3.27. The number of carbonyl (C=O) groups is 1. The Morgan fingerprint density at radius 3 is 2.78 bits per heavy atom. The van der Waals surface area contributed by atoms with E-state index in [-0.39, 0.29) is 30.3 Å². The summed E-state index contributed by atoms with van der Waals surface area (Å²) in [6.45, 7) is 1.74. The summed E-state index contributed by atoms with van der Waals surface area (Å²) in [6, 6.07) is 9.41. The Morgan fingerprint density at radius 1 is 1.22 bits per heavy atom. The average molecular weight is 364 g/mol. The van der Waals surface area contributed by atoms with E-state index in [9.17, 15) is 9.59 Å². The summed E-state index contributed by atoms with van der Waals surface area (Å²) in [5, 5.41) is 13.7. The summed E-state index contributed by atoms with van der Waals surface area (Å²) in [5.41, 5.74) is 0.960. The standard InChI is InChI=1S/C17H16N8O2/c1-10-19-17(24-23-10)22-14(26)8-7-13-20-15-12(16(27)21-13)9-18-25(15)11-5-3-2-4-6-11/h2-6,9H,7-8H2,1H3,(H,20,21,27)(H2,19,22,23,24,26). The number of hydrogen-bond donors (Lipinski definition) is 3. The van der Waals surface area contributed by atoms with Crippen molar-refractivity contribution < 1.29 is 4.79 Å². The number of aromatic amines is 2. The molecular weight excluding hydrogens is 348 g/mol. The number of nitrogens with zero attached hydrogens (tertiary/aromatic N) is 5. The molecule has 0 aliphatic rings. The molecule has 3 N–H and O–H groups in total. The van der Waals surface area contributed by atoms with Gasteiger partial charge in [0.05, 0.1) is 11.9 Å². The lowest BCUT2D eigenvalue weighted by molar-refractivity contribution is -0.116. The van der Waals surface area contributed by atoms with Gasteiger partial charge in [0.2, 0.25) is 11.9 Å². The maximum absolute atomic E-state index is 12.3. The van der Waals surface area contributed by atoms with E-state index in [0.717, 1.165) is 5.69 Å². The molecule has 0 unspecified atom stereocenters. The zero-order valence-corrected chi connectivity index (χ0v) is 14.4. The molecule has 1 aromatic carbocycles. The van der Waals surface area contributed by atoms with Crippen LogP contribution in [0.25, 0.3) is 16.7 Å². The van der Waals surface area contributed by atoms with Crippen LogP contribution < -0.4 is 10.9 Å². The highest BCUT2D eigenvalue weighted by Crippen LogP contribution is 2.13. The van der Waals surface area contributed by atoms with E-state index in [1.54, 1.807) is 11.6 Å². The third-order valence-corrected chi connectivity index (χ3v) is 3.93. The lowest BCUT2D eigenvalue weighted by Crippen LogP contribution is -2.17. The summed E-state index contributed by atoms with van der Waals surface area (Å²) in [4.78, 5) is 35.5. The van der Waals surface area contributed by atoms with Gasteiger partial charge in [-0.2, -0.15) is 10.1 Å². The van der Waals surface area contributed by atoms with Crippen LogP contribution in [0.3, 0.4) is 0 Å². The van der Waals surface area contributed by atoms with Crippen LogP contribution in [0.2, 0.25) is 0 Å². The molecule has 3 aromatic heterocycles. The van der Waals surface area contributed by atoms with E-state index >= 15 is 0 Å². The van der Waals surface area contributed by atoms with Crippen LogP contribution in [0.4, 0.5) is 5.95 Å². The van der Waals surface area contributed by atoms with Gasteiger partial charge in [-0.15, -0.1) is 5.10 Å². The summed E-state index contributed by atoms with van der Waals surface area (Å²) >= 11 is 0. The van der Waals surface area contributed by atoms with Crippen LogP contribution in [0.5, 0.6) is 0 Å². The zero-order valence-electron chi connectivity index (χ0n) is 14.4. The molecule has 0 atom stereocenters. The van der Waals surface area contributed by atoms with Crippen molar-refractivity contribution in [3.8, 4) is 5.69 Å². The monoisotopic (exact) mass is 364 g/mol. The van der Waals surface area contributed by atoms with Crippen molar-refractivity contribution in [3.05, 3.63) is 58.5 Å². The van der Waals surface area contributed by atoms with Crippen LogP contribution in [0.1, 0.15) is 18.1 Å². The van der Waals surface area contributed by atoms with Crippen molar-refractivity contribution in [3.63, 3.8) is 0 Å². The van der Waals surface area contributed by atoms with E-state index in [4.69, 9.17) is 0 Å². The maximum atomic E-state index is 12.3. The molecule has 0 aliphatic carbocycles. The fraction of sp³-hybridized carbons (Fsp3) is 0.176. The maximum Gasteiger partial charge on any atom is 0.262 e. The Labute approximate surface area is 152 Å². The Morgan fingerprint density at radius 2 is 2.04 bits per heavy atom. The molecule has 0 aliphatic heterocycles. The molecule has 0 saturated carbocycles. The number of anilines is 1. The second-order valence-corrected chi connectivity index (χ2v) is 5.93. The Bertz CT molecular complexity index is 1160. The van der Waals surface area contributed by atoms with Crippen molar-refractivity contribution in [1.29, 1.82) is 0 Å². The summed E-state index contributed by atoms with van der Waals surface area (Å²) in [6.07, 6.45) is 1.87. The quantitative estimate of drug-likeness (QED) is 0.485.